The molecule has 0 amide bonds. The number of rotatable bonds is 4. The van der Waals surface area contributed by atoms with E-state index in [1.807, 2.05) is 6.92 Å². The second-order valence-electron chi connectivity index (χ2n) is 3.49. The molecule has 0 saturated heterocycles. The molecule has 0 unspecified atom stereocenters. The van der Waals surface area contributed by atoms with Gasteiger partial charge in [0, 0.05) is 5.56 Å². The Balaban J connectivity index is 2.95. The summed E-state index contributed by atoms with van der Waals surface area (Å²) in [7, 11) is 0. The average Bonchev–Trinajstić information content (AvgIpc) is 2.29. The summed E-state index contributed by atoms with van der Waals surface area (Å²) in [6, 6.07) is 6.08. The van der Waals surface area contributed by atoms with Gasteiger partial charge >= 0.3 is 11.1 Å². The van der Waals surface area contributed by atoms with Crippen molar-refractivity contribution < 1.29 is 18.7 Å². The number of ketones is 1. The van der Waals surface area contributed by atoms with Crippen LogP contribution in [-0.2, 0) is 9.53 Å². The van der Waals surface area contributed by atoms with Gasteiger partial charge in [0.2, 0.25) is 5.78 Å². The van der Waals surface area contributed by atoms with Crippen molar-refractivity contribution in [1.82, 2.24) is 0 Å². The molecule has 1 atom stereocenters. The molecule has 0 aliphatic rings. The molecule has 3 nitrogen and oxygen atoms in total. The summed E-state index contributed by atoms with van der Waals surface area (Å²) in [6.45, 7) is 3.28. The van der Waals surface area contributed by atoms with Gasteiger partial charge in [0.15, 0.2) is 0 Å². The predicted molar refractivity (Wildman–Crippen MR) is 61.8 cm³/mol. The Bertz CT molecular complexity index is 426. The Kier molecular flexibility index (Phi) is 4.23. The number of halogens is 2. The molecule has 0 spiro atoms. The van der Waals surface area contributed by atoms with Gasteiger partial charge in [-0.3, -0.25) is 4.79 Å². The molecule has 1 aromatic rings. The minimum absolute atomic E-state index is 0.0288. The van der Waals surface area contributed by atoms with Crippen LogP contribution >= 0.6 is 11.6 Å². The largest absolute Gasteiger partial charge is 0.462 e. The lowest BCUT2D eigenvalue weighted by molar-refractivity contribution is -0.149. The van der Waals surface area contributed by atoms with Crippen molar-refractivity contribution in [3.63, 3.8) is 0 Å². The molecule has 17 heavy (non-hydrogen) atoms. The molecule has 1 aromatic carbocycles. The predicted octanol–water partition coefficient (Wildman–Crippen LogP) is 2.65. The van der Waals surface area contributed by atoms with Gasteiger partial charge in [-0.1, -0.05) is 41.4 Å². The maximum Gasteiger partial charge on any atom is 0.368 e. The second kappa shape index (κ2) is 5.27. The number of benzene rings is 1. The number of ether oxygens (including phenoxy) is 1. The second-order valence-corrected chi connectivity index (χ2v) is 4.01. The molecule has 0 aliphatic heterocycles. The summed E-state index contributed by atoms with van der Waals surface area (Å²) in [5, 5.41) is -3.16. The summed E-state index contributed by atoms with van der Waals surface area (Å²) >= 11 is 5.30. The van der Waals surface area contributed by atoms with Crippen molar-refractivity contribution >= 4 is 23.4 Å². The Morgan fingerprint density at radius 1 is 1.35 bits per heavy atom. The molecular formula is C12H12ClFO3. The van der Waals surface area contributed by atoms with Crippen LogP contribution in [0.2, 0.25) is 0 Å². The first-order valence-electron chi connectivity index (χ1n) is 5.06. The van der Waals surface area contributed by atoms with Crippen molar-refractivity contribution in [3.8, 4) is 0 Å². The summed E-state index contributed by atoms with van der Waals surface area (Å²) in [5.41, 5.74) is 0.942. The number of carbonyl (C=O) groups is 2. The van der Waals surface area contributed by atoms with Crippen molar-refractivity contribution in [1.29, 1.82) is 0 Å². The Morgan fingerprint density at radius 2 is 1.88 bits per heavy atom. The zero-order valence-corrected chi connectivity index (χ0v) is 10.3. The summed E-state index contributed by atoms with van der Waals surface area (Å²) in [6.07, 6.45) is 0. The van der Waals surface area contributed by atoms with Crippen LogP contribution in [0.4, 0.5) is 4.39 Å². The van der Waals surface area contributed by atoms with Crippen LogP contribution < -0.4 is 0 Å². The molecule has 0 heterocycles. The smallest absolute Gasteiger partial charge is 0.368 e. The zero-order valence-electron chi connectivity index (χ0n) is 9.50. The lowest BCUT2D eigenvalue weighted by atomic mass is 10.1. The van der Waals surface area contributed by atoms with E-state index in [1.165, 1.54) is 19.1 Å². The quantitative estimate of drug-likeness (QED) is 0.361. The van der Waals surface area contributed by atoms with E-state index in [0.717, 1.165) is 5.56 Å². The molecule has 0 bridgehead atoms. The lowest BCUT2D eigenvalue weighted by Gasteiger charge is -2.14. The number of aryl methyl sites for hydroxylation is 1. The zero-order chi connectivity index (χ0) is 13.1. The summed E-state index contributed by atoms with van der Waals surface area (Å²) < 4.78 is 18.2. The standard InChI is InChI=1S/C12H12ClFO3/c1-3-17-11(16)12(13,14)10(15)9-6-4-8(2)5-7-9/h4-7H,3H2,1-2H3/t12-/m1/s1. The average molecular weight is 259 g/mol. The maximum absolute atomic E-state index is 13.8. The van der Waals surface area contributed by atoms with E-state index in [2.05, 4.69) is 4.74 Å². The maximum atomic E-state index is 13.8. The number of Topliss-reactive ketones (excluding diaryl/α,β-unsaturated/α-hetero) is 1. The Labute approximate surface area is 104 Å². The third-order valence-corrected chi connectivity index (χ3v) is 2.46. The normalized spacial score (nSPS) is 13.9. The van der Waals surface area contributed by atoms with E-state index in [1.54, 1.807) is 12.1 Å². The third-order valence-electron chi connectivity index (χ3n) is 2.13. The first-order valence-corrected chi connectivity index (χ1v) is 5.44. The highest BCUT2D eigenvalue weighted by molar-refractivity contribution is 6.46. The monoisotopic (exact) mass is 258 g/mol. The van der Waals surface area contributed by atoms with Crippen LogP contribution in [-0.4, -0.2) is 23.5 Å². The Hall–Kier alpha value is -1.42. The molecule has 0 saturated carbocycles. The minimum atomic E-state index is -3.16. The van der Waals surface area contributed by atoms with Crippen LogP contribution in [0, 0.1) is 6.92 Å². The van der Waals surface area contributed by atoms with Crippen LogP contribution in [0.15, 0.2) is 24.3 Å². The highest BCUT2D eigenvalue weighted by Gasteiger charge is 2.46. The van der Waals surface area contributed by atoms with Crippen LogP contribution in [0.3, 0.4) is 0 Å². The van der Waals surface area contributed by atoms with Gasteiger partial charge in [0.05, 0.1) is 6.61 Å². The number of hydrogen-bond acceptors (Lipinski definition) is 3. The molecular weight excluding hydrogens is 247 g/mol. The van der Waals surface area contributed by atoms with Crippen molar-refractivity contribution in [3.05, 3.63) is 35.4 Å². The first-order chi connectivity index (χ1) is 7.89. The van der Waals surface area contributed by atoms with Gasteiger partial charge in [0.1, 0.15) is 0 Å². The molecule has 5 heteroatoms. The third kappa shape index (κ3) is 3.03. The lowest BCUT2D eigenvalue weighted by Crippen LogP contribution is -2.38. The van der Waals surface area contributed by atoms with Crippen LogP contribution in [0.5, 0.6) is 0 Å². The Morgan fingerprint density at radius 3 is 2.35 bits per heavy atom. The fourth-order valence-electron chi connectivity index (χ4n) is 1.20. The van der Waals surface area contributed by atoms with Crippen molar-refractivity contribution in [2.45, 2.75) is 19.0 Å². The van der Waals surface area contributed by atoms with Gasteiger partial charge in [-0.25, -0.2) is 9.18 Å². The van der Waals surface area contributed by atoms with Gasteiger partial charge in [-0.15, -0.1) is 0 Å². The molecule has 0 N–H and O–H groups in total. The summed E-state index contributed by atoms with van der Waals surface area (Å²) in [5.74, 6) is -2.50. The fraction of sp³-hybridized carbons (Fsp3) is 0.333. The molecule has 92 valence electrons. The van der Waals surface area contributed by atoms with E-state index in [0.29, 0.717) is 0 Å². The van der Waals surface area contributed by atoms with E-state index >= 15 is 0 Å². The number of hydrogen-bond donors (Lipinski definition) is 0. The van der Waals surface area contributed by atoms with E-state index in [-0.39, 0.29) is 12.2 Å². The van der Waals surface area contributed by atoms with Crippen molar-refractivity contribution in [2.75, 3.05) is 6.61 Å². The highest BCUT2D eigenvalue weighted by Crippen LogP contribution is 2.25. The topological polar surface area (TPSA) is 43.4 Å². The number of carbonyl (C=O) groups excluding carboxylic acids is 2. The van der Waals surface area contributed by atoms with Crippen molar-refractivity contribution in [2.24, 2.45) is 0 Å². The molecule has 1 rings (SSSR count). The number of esters is 1. The van der Waals surface area contributed by atoms with Gasteiger partial charge in [-0.05, 0) is 13.8 Å². The number of alkyl halides is 2. The molecule has 0 radical (unpaired) electrons. The minimum Gasteiger partial charge on any atom is -0.462 e. The molecule has 0 aromatic heterocycles. The fourth-order valence-corrected chi connectivity index (χ4v) is 1.36. The van der Waals surface area contributed by atoms with E-state index in [9.17, 15) is 14.0 Å². The van der Waals surface area contributed by atoms with Gasteiger partial charge in [-0.2, -0.15) is 0 Å². The van der Waals surface area contributed by atoms with Crippen LogP contribution in [0.25, 0.3) is 0 Å². The van der Waals surface area contributed by atoms with Crippen LogP contribution in [0.1, 0.15) is 22.8 Å². The highest BCUT2D eigenvalue weighted by atomic mass is 35.5. The van der Waals surface area contributed by atoms with Gasteiger partial charge in [0.25, 0.3) is 0 Å². The van der Waals surface area contributed by atoms with E-state index in [4.69, 9.17) is 11.6 Å². The van der Waals surface area contributed by atoms with Gasteiger partial charge < -0.3 is 4.74 Å². The summed E-state index contributed by atoms with van der Waals surface area (Å²) in [4.78, 5) is 22.9. The van der Waals surface area contributed by atoms with E-state index < -0.39 is 16.9 Å². The molecule has 0 fully saturated rings. The first kappa shape index (κ1) is 13.6. The SMILES string of the molecule is CCOC(=O)[C@@](F)(Cl)C(=O)c1ccc(C)cc1. The molecule has 0 aliphatic carbocycles.